The number of phosphoric acid groups is 1. The Bertz CT molecular complexity index is 955. The van der Waals surface area contributed by atoms with E-state index in [1.165, 1.54) is 18.3 Å². The zero-order chi connectivity index (χ0) is 23.7. The Balaban J connectivity index is 2.00. The molecule has 180 valence electrons. The zero-order valence-electron chi connectivity index (χ0n) is 17.4. The van der Waals surface area contributed by atoms with Crippen LogP contribution in [0.4, 0.5) is 0 Å². The van der Waals surface area contributed by atoms with Crippen LogP contribution in [0.3, 0.4) is 0 Å². The first-order chi connectivity index (χ1) is 15.1. The third-order valence-corrected chi connectivity index (χ3v) is 5.25. The number of phosphoric ester groups is 1. The van der Waals surface area contributed by atoms with Crippen LogP contribution in [0.5, 0.6) is 0 Å². The van der Waals surface area contributed by atoms with E-state index in [0.717, 1.165) is 30.3 Å². The molecule has 1 amide bonds. The molecule has 1 unspecified atom stereocenters. The summed E-state index contributed by atoms with van der Waals surface area (Å²) < 4.78 is 21.7. The SMILES string of the molecule is NCCCCCCNC(=O)/C=C/c1cn([C@H]2CC(O)[C@@H](COP(=O)(O)O)O2)c(=O)[nH]c1=O. The van der Waals surface area contributed by atoms with Gasteiger partial charge in [0.05, 0.1) is 18.3 Å². The van der Waals surface area contributed by atoms with Gasteiger partial charge in [0.1, 0.15) is 12.3 Å². The van der Waals surface area contributed by atoms with Crippen LogP contribution in [0.2, 0.25) is 0 Å². The lowest BCUT2D eigenvalue weighted by Crippen LogP contribution is -2.33. The number of hydrogen-bond donors (Lipinski definition) is 6. The van der Waals surface area contributed by atoms with Crippen molar-refractivity contribution in [1.29, 1.82) is 0 Å². The van der Waals surface area contributed by atoms with E-state index >= 15 is 0 Å². The molecule has 13 nitrogen and oxygen atoms in total. The normalized spacial score (nSPS) is 21.3. The first kappa shape index (κ1) is 26.1. The highest BCUT2D eigenvalue weighted by Gasteiger charge is 2.37. The number of ether oxygens (including phenoxy) is 1. The van der Waals surface area contributed by atoms with Crippen LogP contribution in [0, 0.1) is 0 Å². The lowest BCUT2D eigenvalue weighted by atomic mass is 10.2. The van der Waals surface area contributed by atoms with Gasteiger partial charge in [0.2, 0.25) is 5.91 Å². The molecule has 0 saturated carbocycles. The van der Waals surface area contributed by atoms with Gasteiger partial charge in [0, 0.05) is 25.2 Å². The first-order valence-corrected chi connectivity index (χ1v) is 11.7. The second-order valence-corrected chi connectivity index (χ2v) is 8.54. The average molecular weight is 476 g/mol. The zero-order valence-corrected chi connectivity index (χ0v) is 18.3. The summed E-state index contributed by atoms with van der Waals surface area (Å²) in [6.45, 7) is 0.535. The number of carbonyl (C=O) groups is 1. The van der Waals surface area contributed by atoms with E-state index in [-0.39, 0.29) is 12.0 Å². The maximum Gasteiger partial charge on any atom is 0.469 e. The fourth-order valence-electron chi connectivity index (χ4n) is 3.10. The first-order valence-electron chi connectivity index (χ1n) is 10.2. The second-order valence-electron chi connectivity index (χ2n) is 7.30. The van der Waals surface area contributed by atoms with Crippen molar-refractivity contribution >= 4 is 19.8 Å². The van der Waals surface area contributed by atoms with Gasteiger partial charge in [-0.1, -0.05) is 12.8 Å². The number of hydrogen-bond acceptors (Lipinski definition) is 8. The van der Waals surface area contributed by atoms with Crippen molar-refractivity contribution in [2.45, 2.75) is 50.5 Å². The summed E-state index contributed by atoms with van der Waals surface area (Å²) >= 11 is 0. The number of amides is 1. The van der Waals surface area contributed by atoms with Crippen molar-refractivity contribution in [3.63, 3.8) is 0 Å². The standard InChI is InChI=1S/C18H29N4O9P/c19-7-3-1-2-4-8-20-15(24)6-5-12-10-22(18(26)21-17(12)25)16-9-13(23)14(31-16)11-30-32(27,28)29/h5-6,10,13-14,16,23H,1-4,7-9,11,19H2,(H,20,24)(H,21,25,26)(H2,27,28,29)/b6-5+/t13?,14-,16-/m1/s1. The van der Waals surface area contributed by atoms with Crippen LogP contribution in [-0.4, -0.2) is 62.3 Å². The van der Waals surface area contributed by atoms with Gasteiger partial charge >= 0.3 is 13.5 Å². The molecule has 1 saturated heterocycles. The number of nitrogens with zero attached hydrogens (tertiary/aromatic N) is 1. The number of carbonyl (C=O) groups excluding carboxylic acids is 1. The minimum atomic E-state index is -4.75. The van der Waals surface area contributed by atoms with Crippen molar-refractivity contribution in [2.75, 3.05) is 19.7 Å². The van der Waals surface area contributed by atoms with Gasteiger partial charge in [0.15, 0.2) is 0 Å². The molecule has 3 atom stereocenters. The van der Waals surface area contributed by atoms with Gasteiger partial charge in [-0.05, 0) is 25.5 Å². The number of aromatic amines is 1. The predicted octanol–water partition coefficient (Wildman–Crippen LogP) is -1.06. The molecule has 0 aromatic carbocycles. The molecule has 0 aliphatic carbocycles. The predicted molar refractivity (Wildman–Crippen MR) is 113 cm³/mol. The van der Waals surface area contributed by atoms with Crippen LogP contribution in [0.1, 0.15) is 43.9 Å². The van der Waals surface area contributed by atoms with E-state index in [0.29, 0.717) is 13.1 Å². The van der Waals surface area contributed by atoms with Gasteiger partial charge in [-0.15, -0.1) is 0 Å². The van der Waals surface area contributed by atoms with E-state index in [4.69, 9.17) is 20.3 Å². The number of nitrogens with one attached hydrogen (secondary N) is 2. The molecule has 1 fully saturated rings. The summed E-state index contributed by atoms with van der Waals surface area (Å²) in [4.78, 5) is 55.8. The Morgan fingerprint density at radius 3 is 2.75 bits per heavy atom. The summed E-state index contributed by atoms with van der Waals surface area (Å²) in [5.41, 5.74) is 3.91. The van der Waals surface area contributed by atoms with E-state index < -0.39 is 50.0 Å². The van der Waals surface area contributed by atoms with E-state index in [1.54, 1.807) is 0 Å². The third-order valence-electron chi connectivity index (χ3n) is 4.76. The Kier molecular flexibility index (Phi) is 9.97. The number of aliphatic hydroxyl groups is 1. The van der Waals surface area contributed by atoms with Crippen LogP contribution in [0.25, 0.3) is 6.08 Å². The maximum absolute atomic E-state index is 12.2. The highest BCUT2D eigenvalue weighted by atomic mass is 31.2. The van der Waals surface area contributed by atoms with Gasteiger partial charge in [-0.2, -0.15) is 0 Å². The number of unbranched alkanes of at least 4 members (excludes halogenated alkanes) is 3. The van der Waals surface area contributed by atoms with Crippen LogP contribution < -0.4 is 22.3 Å². The van der Waals surface area contributed by atoms with Crippen molar-refractivity contribution in [3.05, 3.63) is 38.7 Å². The van der Waals surface area contributed by atoms with E-state index in [9.17, 15) is 24.1 Å². The third kappa shape index (κ3) is 8.43. The molecule has 2 rings (SSSR count). The van der Waals surface area contributed by atoms with E-state index in [1.807, 2.05) is 0 Å². The smallest absolute Gasteiger partial charge is 0.390 e. The molecule has 0 spiro atoms. The fourth-order valence-corrected chi connectivity index (χ4v) is 3.44. The number of nitrogens with two attached hydrogens (primary N) is 1. The second kappa shape index (κ2) is 12.2. The lowest BCUT2D eigenvalue weighted by molar-refractivity contribution is -0.116. The molecule has 1 aliphatic heterocycles. The molecule has 2 heterocycles. The number of aromatic nitrogens is 2. The van der Waals surface area contributed by atoms with Crippen molar-refractivity contribution in [1.82, 2.24) is 14.9 Å². The van der Waals surface area contributed by atoms with Gasteiger partial charge in [0.25, 0.3) is 5.56 Å². The molecule has 14 heteroatoms. The van der Waals surface area contributed by atoms with Gasteiger partial charge in [-0.3, -0.25) is 23.7 Å². The number of aliphatic hydroxyl groups excluding tert-OH is 1. The van der Waals surface area contributed by atoms with Crippen molar-refractivity contribution < 1.29 is 33.5 Å². The highest BCUT2D eigenvalue weighted by Crippen LogP contribution is 2.38. The summed E-state index contributed by atoms with van der Waals surface area (Å²) in [5.74, 6) is -0.400. The molecule has 1 aromatic heterocycles. The monoisotopic (exact) mass is 476 g/mol. The number of H-pyrrole nitrogens is 1. The molecule has 1 aliphatic rings. The molecule has 32 heavy (non-hydrogen) atoms. The van der Waals surface area contributed by atoms with Crippen LogP contribution in [0.15, 0.2) is 21.9 Å². The minimum absolute atomic E-state index is 0.00991. The molecular weight excluding hydrogens is 447 g/mol. The Morgan fingerprint density at radius 1 is 1.34 bits per heavy atom. The molecule has 0 radical (unpaired) electrons. The quantitative estimate of drug-likeness (QED) is 0.122. The lowest BCUT2D eigenvalue weighted by Gasteiger charge is -2.16. The Morgan fingerprint density at radius 2 is 2.06 bits per heavy atom. The average Bonchev–Trinajstić information content (AvgIpc) is 3.08. The van der Waals surface area contributed by atoms with Gasteiger partial charge < -0.3 is 30.7 Å². The topological polar surface area (TPSA) is 206 Å². The maximum atomic E-state index is 12.2. The van der Waals surface area contributed by atoms with Crippen LogP contribution in [-0.2, 0) is 18.6 Å². The van der Waals surface area contributed by atoms with Crippen molar-refractivity contribution in [2.24, 2.45) is 5.73 Å². The minimum Gasteiger partial charge on any atom is -0.390 e. The summed E-state index contributed by atoms with van der Waals surface area (Å²) in [7, 11) is -4.75. The largest absolute Gasteiger partial charge is 0.469 e. The molecule has 1 aromatic rings. The summed E-state index contributed by atoms with van der Waals surface area (Å²) in [6, 6.07) is 0. The summed E-state index contributed by atoms with van der Waals surface area (Å²) in [6.07, 6.45) is 3.96. The summed E-state index contributed by atoms with van der Waals surface area (Å²) in [5, 5.41) is 12.7. The molecule has 0 bridgehead atoms. The molecular formula is C18H29N4O9P. The van der Waals surface area contributed by atoms with E-state index in [2.05, 4.69) is 14.8 Å². The fraction of sp³-hybridized carbons (Fsp3) is 0.611. The Labute approximate surface area is 183 Å². The molecule has 7 N–H and O–H groups in total. The number of rotatable bonds is 12. The highest BCUT2D eigenvalue weighted by molar-refractivity contribution is 7.46. The Hall–Kier alpha value is -2.12. The van der Waals surface area contributed by atoms with Crippen molar-refractivity contribution in [3.8, 4) is 0 Å². The van der Waals surface area contributed by atoms with Gasteiger partial charge in [-0.25, -0.2) is 9.36 Å². The van der Waals surface area contributed by atoms with Crippen LogP contribution >= 0.6 is 7.82 Å².